The fraction of sp³-hybridized carbons (Fsp3) is 0.714. The third-order valence-corrected chi connectivity index (χ3v) is 1.37. The third kappa shape index (κ3) is 1.35. The molecule has 1 aromatic heterocycles. The highest BCUT2D eigenvalue weighted by Crippen LogP contribution is 2.00. The summed E-state index contributed by atoms with van der Waals surface area (Å²) < 4.78 is 1.99. The highest BCUT2D eigenvalue weighted by molar-refractivity contribution is 4.79. The zero-order valence-electron chi connectivity index (χ0n) is 6.97. The van der Waals surface area contributed by atoms with E-state index in [-0.39, 0.29) is 5.54 Å². The molecule has 0 aliphatic carbocycles. The van der Waals surface area contributed by atoms with E-state index in [2.05, 4.69) is 31.1 Å². The summed E-state index contributed by atoms with van der Waals surface area (Å²) in [5.74, 6) is 0. The van der Waals surface area contributed by atoms with Crippen LogP contribution in [0.15, 0.2) is 6.20 Å². The van der Waals surface area contributed by atoms with Crippen LogP contribution in [0.1, 0.15) is 26.5 Å². The van der Waals surface area contributed by atoms with Crippen molar-refractivity contribution in [2.45, 2.75) is 33.2 Å². The van der Waals surface area contributed by atoms with E-state index >= 15 is 0 Å². The third-order valence-electron chi connectivity index (χ3n) is 1.37. The molecule has 0 aromatic carbocycles. The predicted octanol–water partition coefficient (Wildman–Crippen LogP) is 0.761. The summed E-state index contributed by atoms with van der Waals surface area (Å²) in [5.41, 5.74) is 1.14. The van der Waals surface area contributed by atoms with Gasteiger partial charge in [0.2, 0.25) is 5.69 Å². The zero-order chi connectivity index (χ0) is 7.78. The normalized spacial score (nSPS) is 12.0. The molecule has 0 bridgehead atoms. The second-order valence-corrected chi connectivity index (χ2v) is 3.52. The molecule has 0 aliphatic rings. The summed E-state index contributed by atoms with van der Waals surface area (Å²) in [5, 5.41) is 6.93. The smallest absolute Gasteiger partial charge is 0.158 e. The Balaban J connectivity index is 2.96. The molecule has 1 N–H and O–H groups in total. The maximum absolute atomic E-state index is 4.02. The van der Waals surface area contributed by atoms with Crippen LogP contribution < -0.4 is 4.68 Å². The highest BCUT2D eigenvalue weighted by Gasteiger charge is 2.19. The molecule has 0 radical (unpaired) electrons. The Morgan fingerprint density at radius 2 is 2.10 bits per heavy atom. The van der Waals surface area contributed by atoms with Crippen molar-refractivity contribution in [1.29, 1.82) is 0 Å². The Morgan fingerprint density at radius 3 is 2.30 bits per heavy atom. The van der Waals surface area contributed by atoms with Crippen LogP contribution in [0.5, 0.6) is 0 Å². The van der Waals surface area contributed by atoms with Gasteiger partial charge in [0, 0.05) is 12.0 Å². The summed E-state index contributed by atoms with van der Waals surface area (Å²) in [7, 11) is 0. The van der Waals surface area contributed by atoms with Gasteiger partial charge in [0.1, 0.15) is 5.54 Å². The highest BCUT2D eigenvalue weighted by atomic mass is 15.4. The van der Waals surface area contributed by atoms with Crippen LogP contribution in [0.25, 0.3) is 0 Å². The van der Waals surface area contributed by atoms with E-state index in [1.54, 1.807) is 0 Å². The molecule has 0 atom stereocenters. The van der Waals surface area contributed by atoms with Gasteiger partial charge in [-0.3, -0.25) is 0 Å². The van der Waals surface area contributed by atoms with Gasteiger partial charge in [0.15, 0.2) is 6.20 Å². The molecule has 0 spiro atoms. The van der Waals surface area contributed by atoms with Gasteiger partial charge in [-0.05, 0) is 20.8 Å². The van der Waals surface area contributed by atoms with Crippen molar-refractivity contribution in [3.63, 3.8) is 0 Å². The van der Waals surface area contributed by atoms with Gasteiger partial charge >= 0.3 is 0 Å². The average Bonchev–Trinajstić information content (AvgIpc) is 2.11. The van der Waals surface area contributed by atoms with Crippen molar-refractivity contribution in [2.24, 2.45) is 0 Å². The number of aromatic amines is 1. The summed E-state index contributed by atoms with van der Waals surface area (Å²) in [6.45, 7) is 8.36. The van der Waals surface area contributed by atoms with Gasteiger partial charge in [-0.15, -0.1) is 0 Å². The Labute approximate surface area is 61.1 Å². The molecule has 0 aliphatic heterocycles. The van der Waals surface area contributed by atoms with Crippen molar-refractivity contribution < 1.29 is 4.68 Å². The molecule has 3 nitrogen and oxygen atoms in total. The molecule has 0 saturated carbocycles. The van der Waals surface area contributed by atoms with Crippen molar-refractivity contribution in [3.05, 3.63) is 11.9 Å². The molecule has 0 fully saturated rings. The first kappa shape index (κ1) is 7.25. The van der Waals surface area contributed by atoms with E-state index in [1.165, 1.54) is 0 Å². The van der Waals surface area contributed by atoms with E-state index < -0.39 is 0 Å². The molecule has 10 heavy (non-hydrogen) atoms. The fourth-order valence-corrected chi connectivity index (χ4v) is 0.721. The van der Waals surface area contributed by atoms with Gasteiger partial charge in [0.25, 0.3) is 0 Å². The summed E-state index contributed by atoms with van der Waals surface area (Å²) in [6, 6.07) is 0. The minimum absolute atomic E-state index is 0.112. The zero-order valence-corrected chi connectivity index (χ0v) is 6.97. The molecule has 3 heteroatoms. The van der Waals surface area contributed by atoms with Crippen LogP contribution in [0.2, 0.25) is 0 Å². The van der Waals surface area contributed by atoms with Gasteiger partial charge in [0.05, 0.1) is 0 Å². The lowest BCUT2D eigenvalue weighted by molar-refractivity contribution is -0.805. The van der Waals surface area contributed by atoms with Crippen LogP contribution in [0.4, 0.5) is 0 Å². The minimum Gasteiger partial charge on any atom is -0.158 e. The SMILES string of the molecule is Cc1c[n+](C(C)(C)C)[nH]n1. The summed E-state index contributed by atoms with van der Waals surface area (Å²) >= 11 is 0. The Hall–Kier alpha value is -0.860. The quantitative estimate of drug-likeness (QED) is 0.530. The first-order valence-electron chi connectivity index (χ1n) is 3.44. The molecule has 1 rings (SSSR count). The van der Waals surface area contributed by atoms with Gasteiger partial charge in [-0.2, -0.15) is 4.68 Å². The van der Waals surface area contributed by atoms with E-state index in [0.717, 1.165) is 5.69 Å². The lowest BCUT2D eigenvalue weighted by atomic mass is 10.1. The average molecular weight is 140 g/mol. The van der Waals surface area contributed by atoms with Gasteiger partial charge in [-0.1, -0.05) is 5.21 Å². The molecule has 56 valence electrons. The molecular weight excluding hydrogens is 126 g/mol. The first-order valence-corrected chi connectivity index (χ1v) is 3.44. The molecule has 0 unspecified atom stereocenters. The largest absolute Gasteiger partial charge is 0.215 e. The second kappa shape index (κ2) is 2.08. The number of aryl methyl sites for hydroxylation is 1. The number of rotatable bonds is 0. The van der Waals surface area contributed by atoms with Crippen LogP contribution in [0, 0.1) is 6.92 Å². The Bertz CT molecular complexity index is 219. The summed E-state index contributed by atoms with van der Waals surface area (Å²) in [6.07, 6.45) is 2.00. The first-order chi connectivity index (χ1) is 4.50. The second-order valence-electron chi connectivity index (χ2n) is 3.52. The molecule has 1 heterocycles. The lowest BCUT2D eigenvalue weighted by Gasteiger charge is -2.11. The maximum atomic E-state index is 4.02. The predicted molar refractivity (Wildman–Crippen MR) is 38.5 cm³/mol. The molecule has 0 saturated heterocycles. The molecule has 0 amide bonds. The van der Waals surface area contributed by atoms with Crippen molar-refractivity contribution in [3.8, 4) is 0 Å². The van der Waals surface area contributed by atoms with Crippen molar-refractivity contribution in [2.75, 3.05) is 0 Å². The molecule has 1 aromatic rings. The molecular formula is C7H14N3+. The van der Waals surface area contributed by atoms with E-state index in [9.17, 15) is 0 Å². The maximum Gasteiger partial charge on any atom is 0.215 e. The topological polar surface area (TPSA) is 32.6 Å². The Kier molecular flexibility index (Phi) is 1.50. The number of H-pyrrole nitrogens is 1. The van der Waals surface area contributed by atoms with Crippen LogP contribution >= 0.6 is 0 Å². The number of hydrogen-bond donors (Lipinski definition) is 1. The number of nitrogens with zero attached hydrogens (tertiary/aromatic N) is 2. The van der Waals surface area contributed by atoms with E-state index in [0.29, 0.717) is 0 Å². The van der Waals surface area contributed by atoms with E-state index in [1.807, 2.05) is 17.8 Å². The number of aromatic nitrogens is 3. The van der Waals surface area contributed by atoms with E-state index in [4.69, 9.17) is 0 Å². The lowest BCUT2D eigenvalue weighted by Crippen LogP contribution is -2.51. The fourth-order valence-electron chi connectivity index (χ4n) is 0.721. The van der Waals surface area contributed by atoms with Gasteiger partial charge in [-0.25, -0.2) is 0 Å². The van der Waals surface area contributed by atoms with Crippen molar-refractivity contribution >= 4 is 0 Å². The Morgan fingerprint density at radius 1 is 1.50 bits per heavy atom. The van der Waals surface area contributed by atoms with Crippen LogP contribution in [-0.4, -0.2) is 10.3 Å². The number of hydrogen-bond acceptors (Lipinski definition) is 1. The standard InChI is InChI=1S/C7H13N3/c1-6-5-10(9-8-6)7(2,3)4/h5H,1-4H3/p+1. The van der Waals surface area contributed by atoms with Crippen LogP contribution in [-0.2, 0) is 5.54 Å². The summed E-state index contributed by atoms with van der Waals surface area (Å²) in [4.78, 5) is 0. The minimum atomic E-state index is 0.112. The van der Waals surface area contributed by atoms with Crippen molar-refractivity contribution in [1.82, 2.24) is 10.3 Å². The van der Waals surface area contributed by atoms with Crippen LogP contribution in [0.3, 0.4) is 0 Å². The monoisotopic (exact) mass is 140 g/mol. The number of nitrogens with one attached hydrogen (secondary N) is 1. The van der Waals surface area contributed by atoms with Gasteiger partial charge < -0.3 is 0 Å².